The molecule has 0 spiro atoms. The van der Waals surface area contributed by atoms with Crippen LogP contribution in [0.1, 0.15) is 18.9 Å². The van der Waals surface area contributed by atoms with Gasteiger partial charge in [0.1, 0.15) is 11.5 Å². The topological polar surface area (TPSA) is 49.0 Å². The summed E-state index contributed by atoms with van der Waals surface area (Å²) in [4.78, 5) is 4.03. The molecule has 0 saturated carbocycles. The van der Waals surface area contributed by atoms with Crippen molar-refractivity contribution < 1.29 is 8.78 Å². The Morgan fingerprint density at radius 2 is 2.12 bits per heavy atom. The van der Waals surface area contributed by atoms with Gasteiger partial charge in [0.05, 0.1) is 11.4 Å². The Kier molecular flexibility index (Phi) is 6.87. The average Bonchev–Trinajstić information content (AvgIpc) is 2.61. The minimum Gasteiger partial charge on any atom is -0.386 e. The van der Waals surface area contributed by atoms with E-state index in [1.165, 1.54) is 30.3 Å². The van der Waals surface area contributed by atoms with Gasteiger partial charge in [0.15, 0.2) is 5.82 Å². The van der Waals surface area contributed by atoms with Gasteiger partial charge in [-0.1, -0.05) is 18.9 Å². The summed E-state index contributed by atoms with van der Waals surface area (Å²) in [6.07, 6.45) is 5.80. The number of nitrogens with one attached hydrogen (secondary N) is 3. The summed E-state index contributed by atoms with van der Waals surface area (Å²) < 4.78 is 31.4. The molecular weight excluding hydrogens is 330 g/mol. The van der Waals surface area contributed by atoms with Gasteiger partial charge < -0.3 is 15.4 Å². The molecule has 0 bridgehead atoms. The maximum atomic E-state index is 14.5. The molecule has 24 heavy (non-hydrogen) atoms. The van der Waals surface area contributed by atoms with Crippen LogP contribution in [0.25, 0.3) is 5.70 Å². The number of nitrogens with zero attached hydrogens (tertiary/aromatic N) is 1. The van der Waals surface area contributed by atoms with Crippen LogP contribution in [0.2, 0.25) is 0 Å². The number of anilines is 2. The summed E-state index contributed by atoms with van der Waals surface area (Å²) in [5.41, 5.74) is 1.52. The second-order valence-electron chi connectivity index (χ2n) is 4.93. The van der Waals surface area contributed by atoms with E-state index in [0.717, 1.165) is 17.7 Å². The summed E-state index contributed by atoms with van der Waals surface area (Å²) in [5, 5.41) is 5.69. The lowest BCUT2D eigenvalue weighted by Crippen LogP contribution is -2.08. The van der Waals surface area contributed by atoms with E-state index in [0.29, 0.717) is 5.70 Å². The molecule has 0 fully saturated rings. The first kappa shape index (κ1) is 18.1. The standard InChI is InChI=1S/C17H20F2N4S/c1-3-9-24-23-14-7-6-13(18)17(16(14)19)22-11-15(20-2)12-5-4-8-21-10-12/h4-8,10-11,20,22-23H,3,9H2,1-2H3/b15-11-. The number of hydrogen-bond donors (Lipinski definition) is 3. The summed E-state index contributed by atoms with van der Waals surface area (Å²) in [7, 11) is 1.73. The summed E-state index contributed by atoms with van der Waals surface area (Å²) >= 11 is 1.38. The van der Waals surface area contributed by atoms with Gasteiger partial charge in [-0.2, -0.15) is 0 Å². The summed E-state index contributed by atoms with van der Waals surface area (Å²) in [6, 6.07) is 6.26. The first-order chi connectivity index (χ1) is 11.7. The van der Waals surface area contributed by atoms with Crippen molar-refractivity contribution in [3.05, 3.63) is 60.1 Å². The highest BCUT2D eigenvalue weighted by Gasteiger charge is 2.13. The minimum absolute atomic E-state index is 0.200. The number of rotatable bonds is 8. The summed E-state index contributed by atoms with van der Waals surface area (Å²) in [5.74, 6) is -0.474. The van der Waals surface area contributed by atoms with E-state index in [9.17, 15) is 8.78 Å². The molecule has 0 aliphatic carbocycles. The fourth-order valence-corrected chi connectivity index (χ4v) is 2.58. The van der Waals surface area contributed by atoms with E-state index >= 15 is 0 Å². The van der Waals surface area contributed by atoms with Crippen LogP contribution in [0, 0.1) is 11.6 Å². The van der Waals surface area contributed by atoms with E-state index < -0.39 is 11.6 Å². The fraction of sp³-hybridized carbons (Fsp3) is 0.235. The molecule has 0 aliphatic rings. The molecule has 7 heteroatoms. The highest BCUT2D eigenvalue weighted by molar-refractivity contribution is 8.00. The van der Waals surface area contributed by atoms with Gasteiger partial charge in [-0.25, -0.2) is 8.78 Å². The van der Waals surface area contributed by atoms with Gasteiger partial charge in [0.2, 0.25) is 0 Å². The van der Waals surface area contributed by atoms with Crippen LogP contribution >= 0.6 is 11.9 Å². The van der Waals surface area contributed by atoms with Crippen LogP contribution in [0.4, 0.5) is 20.2 Å². The van der Waals surface area contributed by atoms with Crippen LogP contribution in [0.5, 0.6) is 0 Å². The van der Waals surface area contributed by atoms with Gasteiger partial charge in [-0.15, -0.1) is 0 Å². The van der Waals surface area contributed by atoms with E-state index in [4.69, 9.17) is 0 Å². The summed E-state index contributed by atoms with van der Waals surface area (Å²) in [6.45, 7) is 2.03. The number of aromatic nitrogens is 1. The first-order valence-electron chi connectivity index (χ1n) is 7.58. The van der Waals surface area contributed by atoms with Crippen molar-refractivity contribution in [3.8, 4) is 0 Å². The molecule has 3 N–H and O–H groups in total. The van der Waals surface area contributed by atoms with Crippen molar-refractivity contribution in [1.29, 1.82) is 0 Å². The largest absolute Gasteiger partial charge is 0.386 e. The van der Waals surface area contributed by atoms with Crippen LogP contribution in [-0.4, -0.2) is 17.8 Å². The fourth-order valence-electron chi connectivity index (χ4n) is 1.96. The lowest BCUT2D eigenvalue weighted by atomic mass is 10.2. The van der Waals surface area contributed by atoms with Crippen molar-refractivity contribution in [3.63, 3.8) is 0 Å². The first-order valence-corrected chi connectivity index (χ1v) is 8.56. The molecule has 4 nitrogen and oxygen atoms in total. The van der Waals surface area contributed by atoms with Crippen LogP contribution in [-0.2, 0) is 0 Å². The zero-order chi connectivity index (χ0) is 17.4. The average molecular weight is 350 g/mol. The Labute approximate surface area is 144 Å². The maximum absolute atomic E-state index is 14.5. The third kappa shape index (κ3) is 4.61. The number of hydrogen-bond acceptors (Lipinski definition) is 5. The Morgan fingerprint density at radius 3 is 2.79 bits per heavy atom. The third-order valence-electron chi connectivity index (χ3n) is 3.18. The van der Waals surface area contributed by atoms with Crippen molar-refractivity contribution >= 4 is 29.0 Å². The number of pyridine rings is 1. The van der Waals surface area contributed by atoms with Gasteiger partial charge >= 0.3 is 0 Å². The molecule has 2 aromatic rings. The van der Waals surface area contributed by atoms with Gasteiger partial charge in [0.25, 0.3) is 0 Å². The van der Waals surface area contributed by atoms with Gasteiger partial charge in [0, 0.05) is 37.0 Å². The highest BCUT2D eigenvalue weighted by Crippen LogP contribution is 2.28. The third-order valence-corrected chi connectivity index (χ3v) is 4.16. The van der Waals surface area contributed by atoms with Crippen LogP contribution < -0.4 is 15.4 Å². The number of halogens is 2. The van der Waals surface area contributed by atoms with E-state index in [2.05, 4.69) is 20.3 Å². The molecule has 2 rings (SSSR count). The molecule has 0 amide bonds. The van der Waals surface area contributed by atoms with Crippen LogP contribution in [0.15, 0.2) is 42.9 Å². The highest BCUT2D eigenvalue weighted by atomic mass is 32.2. The van der Waals surface area contributed by atoms with E-state index in [-0.39, 0.29) is 11.4 Å². The smallest absolute Gasteiger partial charge is 0.173 e. The maximum Gasteiger partial charge on any atom is 0.173 e. The Bertz CT molecular complexity index is 692. The van der Waals surface area contributed by atoms with Crippen LogP contribution in [0.3, 0.4) is 0 Å². The second kappa shape index (κ2) is 9.12. The van der Waals surface area contributed by atoms with Crippen molar-refractivity contribution in [1.82, 2.24) is 10.3 Å². The monoisotopic (exact) mass is 350 g/mol. The predicted molar refractivity (Wildman–Crippen MR) is 97.6 cm³/mol. The van der Waals surface area contributed by atoms with Crippen molar-refractivity contribution in [2.75, 3.05) is 22.8 Å². The molecule has 0 saturated heterocycles. The second-order valence-corrected chi connectivity index (χ2v) is 5.83. The Hall–Kier alpha value is -2.28. The zero-order valence-electron chi connectivity index (χ0n) is 13.6. The Balaban J connectivity index is 2.21. The Morgan fingerprint density at radius 1 is 1.29 bits per heavy atom. The molecule has 128 valence electrons. The molecule has 0 unspecified atom stereocenters. The lowest BCUT2D eigenvalue weighted by molar-refractivity contribution is 0.593. The SMILES string of the molecule is CCCSNc1ccc(F)c(N/C=C(\NC)c2cccnc2)c1F. The lowest BCUT2D eigenvalue weighted by Gasteiger charge is -2.12. The minimum atomic E-state index is -0.656. The molecule has 0 aliphatic heterocycles. The molecule has 1 aromatic heterocycles. The molecule has 1 aromatic carbocycles. The van der Waals surface area contributed by atoms with E-state index in [1.807, 2.05) is 13.0 Å². The van der Waals surface area contributed by atoms with Crippen molar-refractivity contribution in [2.45, 2.75) is 13.3 Å². The van der Waals surface area contributed by atoms with Gasteiger partial charge in [-0.05, 0) is 30.7 Å². The molecule has 1 heterocycles. The van der Waals surface area contributed by atoms with E-state index in [1.54, 1.807) is 25.5 Å². The molecule has 0 radical (unpaired) electrons. The van der Waals surface area contributed by atoms with Gasteiger partial charge in [-0.3, -0.25) is 4.98 Å². The zero-order valence-corrected chi connectivity index (χ0v) is 14.4. The van der Waals surface area contributed by atoms with Crippen molar-refractivity contribution in [2.24, 2.45) is 0 Å². The quantitative estimate of drug-likeness (QED) is 0.485. The molecule has 0 atom stereocenters. The normalized spacial score (nSPS) is 11.2. The molecular formula is C17H20F2N4S. The number of benzene rings is 1. The predicted octanol–water partition coefficient (Wildman–Crippen LogP) is 4.46.